The van der Waals surface area contributed by atoms with E-state index in [4.69, 9.17) is 17.0 Å². The molecule has 2 amide bonds. The van der Waals surface area contributed by atoms with Gasteiger partial charge in [-0.1, -0.05) is 44.0 Å². The number of thiocarbonyl (C=S) groups is 1. The van der Waals surface area contributed by atoms with Crippen LogP contribution in [0.5, 0.6) is 5.75 Å². The summed E-state index contributed by atoms with van der Waals surface area (Å²) in [6.45, 7) is 2.71. The van der Waals surface area contributed by atoms with E-state index in [2.05, 4.69) is 17.6 Å². The SMILES string of the molecule is CCCCCOc1ccccc1C(=O)NC(=S)Nc1ccc(CCC(=O)N(C)C)cc1. The third kappa shape index (κ3) is 8.38. The van der Waals surface area contributed by atoms with Gasteiger partial charge in [-0.25, -0.2) is 0 Å². The van der Waals surface area contributed by atoms with E-state index in [9.17, 15) is 9.59 Å². The summed E-state index contributed by atoms with van der Waals surface area (Å²) in [6.07, 6.45) is 4.29. The number of unbranched alkanes of at least 4 members (excludes halogenated alkanes) is 2. The fourth-order valence-electron chi connectivity index (χ4n) is 2.88. The smallest absolute Gasteiger partial charge is 0.261 e. The molecule has 2 aromatic rings. The van der Waals surface area contributed by atoms with Gasteiger partial charge < -0.3 is 15.0 Å². The molecule has 0 atom stereocenters. The second-order valence-electron chi connectivity index (χ2n) is 7.45. The number of nitrogens with zero attached hydrogens (tertiary/aromatic N) is 1. The number of aryl methyl sites for hydroxylation is 1. The Bertz CT molecular complexity index is 882. The molecule has 2 rings (SSSR count). The third-order valence-corrected chi connectivity index (χ3v) is 4.91. The minimum absolute atomic E-state index is 0.0979. The van der Waals surface area contributed by atoms with Crippen molar-refractivity contribution in [2.24, 2.45) is 0 Å². The van der Waals surface area contributed by atoms with Crippen molar-refractivity contribution in [3.05, 3.63) is 59.7 Å². The van der Waals surface area contributed by atoms with Gasteiger partial charge in [0.2, 0.25) is 5.91 Å². The molecule has 0 bridgehead atoms. The number of amides is 2. The average molecular weight is 442 g/mol. The fourth-order valence-corrected chi connectivity index (χ4v) is 3.09. The molecule has 2 aromatic carbocycles. The number of nitrogens with one attached hydrogen (secondary N) is 2. The maximum Gasteiger partial charge on any atom is 0.261 e. The number of ether oxygens (including phenoxy) is 1. The predicted molar refractivity (Wildman–Crippen MR) is 129 cm³/mol. The number of para-hydroxylation sites is 1. The van der Waals surface area contributed by atoms with E-state index in [-0.39, 0.29) is 16.9 Å². The summed E-state index contributed by atoms with van der Waals surface area (Å²) >= 11 is 5.29. The molecule has 31 heavy (non-hydrogen) atoms. The van der Waals surface area contributed by atoms with Gasteiger partial charge in [0.1, 0.15) is 5.75 Å². The van der Waals surface area contributed by atoms with Gasteiger partial charge in [0.05, 0.1) is 12.2 Å². The summed E-state index contributed by atoms with van der Waals surface area (Å²) in [6, 6.07) is 14.8. The van der Waals surface area contributed by atoms with E-state index in [0.717, 1.165) is 30.5 Å². The lowest BCUT2D eigenvalue weighted by Crippen LogP contribution is -2.34. The van der Waals surface area contributed by atoms with Crippen LogP contribution in [0.2, 0.25) is 0 Å². The van der Waals surface area contributed by atoms with Crippen LogP contribution in [0.25, 0.3) is 0 Å². The molecule has 0 saturated carbocycles. The standard InChI is InChI=1S/C24H31N3O3S/c1-4-5-8-17-30-21-10-7-6-9-20(21)23(29)26-24(31)25-19-14-11-18(12-15-19)13-16-22(28)27(2)3/h6-7,9-12,14-15H,4-5,8,13,16-17H2,1-3H3,(H2,25,26,29,31). The van der Waals surface area contributed by atoms with Gasteiger partial charge in [0.25, 0.3) is 5.91 Å². The van der Waals surface area contributed by atoms with Crippen molar-refractivity contribution in [1.29, 1.82) is 0 Å². The van der Waals surface area contributed by atoms with Gasteiger partial charge >= 0.3 is 0 Å². The molecule has 0 aliphatic rings. The zero-order valence-electron chi connectivity index (χ0n) is 18.4. The third-order valence-electron chi connectivity index (χ3n) is 4.70. The van der Waals surface area contributed by atoms with Crippen LogP contribution in [0.15, 0.2) is 48.5 Å². The average Bonchev–Trinajstić information content (AvgIpc) is 2.76. The first-order valence-electron chi connectivity index (χ1n) is 10.5. The van der Waals surface area contributed by atoms with Gasteiger partial charge in [-0.2, -0.15) is 0 Å². The van der Waals surface area contributed by atoms with Gasteiger partial charge in [-0.05, 0) is 54.9 Å². The predicted octanol–water partition coefficient (Wildman–Crippen LogP) is 4.40. The Labute approximate surface area is 190 Å². The second-order valence-corrected chi connectivity index (χ2v) is 7.85. The van der Waals surface area contributed by atoms with Crippen molar-refractivity contribution in [3.8, 4) is 5.75 Å². The molecule has 0 saturated heterocycles. The molecule has 0 heterocycles. The Kier molecular flexibility index (Phi) is 9.97. The van der Waals surface area contributed by atoms with E-state index in [1.807, 2.05) is 30.3 Å². The van der Waals surface area contributed by atoms with Crippen LogP contribution in [0.4, 0.5) is 5.69 Å². The molecule has 166 valence electrons. The van der Waals surface area contributed by atoms with Crippen molar-refractivity contribution < 1.29 is 14.3 Å². The van der Waals surface area contributed by atoms with Crippen LogP contribution in [-0.4, -0.2) is 42.5 Å². The van der Waals surface area contributed by atoms with Crippen molar-refractivity contribution >= 4 is 34.8 Å². The summed E-state index contributed by atoms with van der Waals surface area (Å²) in [5, 5.41) is 5.93. The highest BCUT2D eigenvalue weighted by molar-refractivity contribution is 7.80. The first kappa shape index (κ1) is 24.3. The fraction of sp³-hybridized carbons (Fsp3) is 0.375. The Morgan fingerprint density at radius 2 is 1.74 bits per heavy atom. The summed E-state index contributed by atoms with van der Waals surface area (Å²) in [4.78, 5) is 26.0. The Morgan fingerprint density at radius 3 is 2.42 bits per heavy atom. The zero-order valence-corrected chi connectivity index (χ0v) is 19.3. The quantitative estimate of drug-likeness (QED) is 0.422. The van der Waals surface area contributed by atoms with Crippen molar-refractivity contribution in [3.63, 3.8) is 0 Å². The summed E-state index contributed by atoms with van der Waals surface area (Å²) in [7, 11) is 3.50. The van der Waals surface area contributed by atoms with Crippen LogP contribution in [0, 0.1) is 0 Å². The molecule has 0 aromatic heterocycles. The first-order valence-corrected chi connectivity index (χ1v) is 10.9. The lowest BCUT2D eigenvalue weighted by Gasteiger charge is -2.13. The molecule has 0 radical (unpaired) electrons. The highest BCUT2D eigenvalue weighted by atomic mass is 32.1. The molecule has 0 unspecified atom stereocenters. The summed E-state index contributed by atoms with van der Waals surface area (Å²) in [5.74, 6) is 0.332. The van der Waals surface area contributed by atoms with Crippen molar-refractivity contribution in [2.45, 2.75) is 39.0 Å². The van der Waals surface area contributed by atoms with Crippen LogP contribution in [0.1, 0.15) is 48.5 Å². The molecule has 0 aliphatic carbocycles. The van der Waals surface area contributed by atoms with E-state index in [1.54, 1.807) is 37.2 Å². The van der Waals surface area contributed by atoms with Gasteiger partial charge in [0, 0.05) is 26.2 Å². The van der Waals surface area contributed by atoms with E-state index in [0.29, 0.717) is 30.8 Å². The van der Waals surface area contributed by atoms with Crippen LogP contribution >= 0.6 is 12.2 Å². The maximum atomic E-state index is 12.7. The minimum atomic E-state index is -0.317. The second kappa shape index (κ2) is 12.7. The van der Waals surface area contributed by atoms with Crippen molar-refractivity contribution in [1.82, 2.24) is 10.2 Å². The Balaban J connectivity index is 1.88. The molecule has 0 spiro atoms. The molecule has 7 heteroatoms. The number of hydrogen-bond donors (Lipinski definition) is 2. The van der Waals surface area contributed by atoms with Crippen LogP contribution in [-0.2, 0) is 11.2 Å². The van der Waals surface area contributed by atoms with Gasteiger partial charge in [-0.15, -0.1) is 0 Å². The minimum Gasteiger partial charge on any atom is -0.493 e. The van der Waals surface area contributed by atoms with E-state index >= 15 is 0 Å². The highest BCUT2D eigenvalue weighted by Gasteiger charge is 2.13. The Hall–Kier alpha value is -2.93. The molecule has 6 nitrogen and oxygen atoms in total. The highest BCUT2D eigenvalue weighted by Crippen LogP contribution is 2.18. The van der Waals surface area contributed by atoms with E-state index in [1.165, 1.54) is 0 Å². The van der Waals surface area contributed by atoms with E-state index < -0.39 is 0 Å². The molecule has 0 aliphatic heterocycles. The maximum absolute atomic E-state index is 12.7. The first-order chi connectivity index (χ1) is 14.9. The van der Waals surface area contributed by atoms with Gasteiger partial charge in [0.15, 0.2) is 5.11 Å². The number of anilines is 1. The largest absolute Gasteiger partial charge is 0.493 e. The lowest BCUT2D eigenvalue weighted by molar-refractivity contribution is -0.128. The number of rotatable bonds is 10. The lowest BCUT2D eigenvalue weighted by atomic mass is 10.1. The molecule has 0 fully saturated rings. The number of carbonyl (C=O) groups excluding carboxylic acids is 2. The molecular formula is C24H31N3O3S. The topological polar surface area (TPSA) is 70.7 Å². The molecule has 2 N–H and O–H groups in total. The zero-order chi connectivity index (χ0) is 22.6. The summed E-state index contributed by atoms with van der Waals surface area (Å²) in [5.41, 5.74) is 2.27. The normalized spacial score (nSPS) is 10.3. The Morgan fingerprint density at radius 1 is 1.03 bits per heavy atom. The van der Waals surface area contributed by atoms with Crippen LogP contribution in [0.3, 0.4) is 0 Å². The van der Waals surface area contributed by atoms with Crippen LogP contribution < -0.4 is 15.4 Å². The number of hydrogen-bond acceptors (Lipinski definition) is 4. The number of benzene rings is 2. The molecular weight excluding hydrogens is 410 g/mol. The summed E-state index contributed by atoms with van der Waals surface area (Å²) < 4.78 is 5.78. The van der Waals surface area contributed by atoms with Gasteiger partial charge in [-0.3, -0.25) is 14.9 Å². The monoisotopic (exact) mass is 441 g/mol. The van der Waals surface area contributed by atoms with Crippen molar-refractivity contribution in [2.75, 3.05) is 26.0 Å². The number of carbonyl (C=O) groups is 2.